The summed E-state index contributed by atoms with van der Waals surface area (Å²) >= 11 is 0. The zero-order valence-electron chi connectivity index (χ0n) is 56.5. The monoisotopic (exact) mass is 1170 g/mol. The van der Waals surface area contributed by atoms with Crippen molar-refractivity contribution < 1.29 is 24.5 Å². The van der Waals surface area contributed by atoms with Crippen LogP contribution in [0.15, 0.2) is 24.3 Å². The van der Waals surface area contributed by atoms with E-state index in [1.165, 1.54) is 347 Å². The van der Waals surface area contributed by atoms with Crippen LogP contribution in [0.5, 0.6) is 0 Å². The van der Waals surface area contributed by atoms with E-state index in [0.717, 1.165) is 51.4 Å². The van der Waals surface area contributed by atoms with Crippen LogP contribution in [0.25, 0.3) is 0 Å². The molecule has 0 bridgehead atoms. The molecule has 6 nitrogen and oxygen atoms in total. The van der Waals surface area contributed by atoms with Crippen LogP contribution in [-0.2, 0) is 14.3 Å². The van der Waals surface area contributed by atoms with E-state index in [2.05, 4.69) is 43.5 Å². The molecule has 0 aromatic heterocycles. The smallest absolute Gasteiger partial charge is 0.305 e. The Kier molecular flexibility index (Phi) is 71.4. The van der Waals surface area contributed by atoms with E-state index in [9.17, 15) is 19.8 Å². The van der Waals surface area contributed by atoms with Crippen LogP contribution in [-0.4, -0.2) is 47.4 Å². The van der Waals surface area contributed by atoms with Crippen molar-refractivity contribution in [1.82, 2.24) is 5.32 Å². The Morgan fingerprint density at radius 3 is 0.940 bits per heavy atom. The second-order valence-electron chi connectivity index (χ2n) is 26.3. The molecular formula is C77H149NO5. The maximum absolute atomic E-state index is 12.6. The van der Waals surface area contributed by atoms with Crippen molar-refractivity contribution >= 4 is 11.9 Å². The van der Waals surface area contributed by atoms with Gasteiger partial charge in [0.15, 0.2) is 0 Å². The van der Waals surface area contributed by atoms with E-state index in [1.807, 2.05) is 0 Å². The number of unbranched alkanes of at least 4 members (excludes halogenated alkanes) is 57. The minimum absolute atomic E-state index is 0.0109. The highest BCUT2D eigenvalue weighted by atomic mass is 16.5. The predicted octanol–water partition coefficient (Wildman–Crippen LogP) is 24.9. The van der Waals surface area contributed by atoms with Gasteiger partial charge >= 0.3 is 5.97 Å². The average Bonchev–Trinajstić information content (AvgIpc) is 3.49. The fourth-order valence-corrected chi connectivity index (χ4v) is 12.2. The van der Waals surface area contributed by atoms with E-state index in [-0.39, 0.29) is 18.5 Å². The normalized spacial score (nSPS) is 12.6. The fraction of sp³-hybridized carbons (Fsp3) is 0.922. The molecule has 0 aromatic rings. The summed E-state index contributed by atoms with van der Waals surface area (Å²) in [7, 11) is 0. The largest absolute Gasteiger partial charge is 0.466 e. The van der Waals surface area contributed by atoms with Crippen LogP contribution in [0.1, 0.15) is 431 Å². The van der Waals surface area contributed by atoms with Crippen molar-refractivity contribution in [2.24, 2.45) is 0 Å². The average molecular weight is 1170 g/mol. The summed E-state index contributed by atoms with van der Waals surface area (Å²) < 4.78 is 5.51. The molecule has 1 amide bonds. The molecular weight excluding hydrogens is 1020 g/mol. The standard InChI is InChI=1S/C77H149NO5/c1-3-5-7-9-11-13-15-17-19-21-23-24-25-26-27-30-34-37-41-45-49-53-57-61-65-69-75(80)74(73-79)78-76(81)70-66-62-58-54-50-46-42-38-35-31-28-29-32-36-40-44-48-52-56-60-64-68-72-83-77(82)71-67-63-59-55-51-47-43-39-33-22-20-18-16-14-12-10-8-6-4-2/h12,14,18,20,74-75,79-80H,3-11,13,15-17,19,21-73H2,1-2H3,(H,78,81)/b14-12-,20-18-. The van der Waals surface area contributed by atoms with Gasteiger partial charge in [-0.15, -0.1) is 0 Å². The van der Waals surface area contributed by atoms with Gasteiger partial charge in [-0.3, -0.25) is 9.59 Å². The van der Waals surface area contributed by atoms with Gasteiger partial charge in [0.2, 0.25) is 5.91 Å². The zero-order valence-corrected chi connectivity index (χ0v) is 56.5. The third-order valence-corrected chi connectivity index (χ3v) is 18.0. The van der Waals surface area contributed by atoms with Crippen LogP contribution >= 0.6 is 0 Å². The summed E-state index contributed by atoms with van der Waals surface area (Å²) in [5.74, 6) is -0.0188. The Bertz CT molecular complexity index is 1300. The molecule has 0 fully saturated rings. The Labute approximate surface area is 520 Å². The number of aliphatic hydroxyl groups excluding tert-OH is 2. The quantitative estimate of drug-likeness (QED) is 0.0320. The minimum Gasteiger partial charge on any atom is -0.466 e. The van der Waals surface area contributed by atoms with Crippen LogP contribution in [0.2, 0.25) is 0 Å². The summed E-state index contributed by atoms with van der Waals surface area (Å²) in [6, 6.07) is -0.543. The van der Waals surface area contributed by atoms with Gasteiger partial charge in [0.25, 0.3) is 0 Å². The maximum Gasteiger partial charge on any atom is 0.305 e. The van der Waals surface area contributed by atoms with Crippen molar-refractivity contribution in [3.05, 3.63) is 24.3 Å². The molecule has 0 aromatic carbocycles. The number of carbonyl (C=O) groups excluding carboxylic acids is 2. The first-order valence-corrected chi connectivity index (χ1v) is 38.1. The molecule has 0 saturated carbocycles. The van der Waals surface area contributed by atoms with Gasteiger partial charge in [-0.25, -0.2) is 0 Å². The van der Waals surface area contributed by atoms with Gasteiger partial charge in [0.1, 0.15) is 0 Å². The minimum atomic E-state index is -0.666. The SMILES string of the molecule is CCCCC/C=C\C/C=C\CCCCCCCCCCCC(=O)OCCCCCCCCCCCCCCCCCCCCCCCCC(=O)NC(CO)C(O)CCCCCCCCCCCCCCCCCCCCCCCCCCC. The third kappa shape index (κ3) is 69.3. The molecule has 492 valence electrons. The number of carbonyl (C=O) groups is 2. The Morgan fingerprint density at radius 2 is 0.602 bits per heavy atom. The number of aliphatic hydroxyl groups is 2. The second kappa shape index (κ2) is 72.8. The summed E-state index contributed by atoms with van der Waals surface area (Å²) in [6.45, 7) is 4.97. The lowest BCUT2D eigenvalue weighted by Crippen LogP contribution is -2.45. The van der Waals surface area contributed by atoms with Gasteiger partial charge in [-0.1, -0.05) is 385 Å². The van der Waals surface area contributed by atoms with E-state index in [0.29, 0.717) is 25.9 Å². The van der Waals surface area contributed by atoms with Crippen molar-refractivity contribution in [3.8, 4) is 0 Å². The molecule has 0 heterocycles. The molecule has 0 aliphatic heterocycles. The van der Waals surface area contributed by atoms with Crippen molar-refractivity contribution in [2.75, 3.05) is 13.2 Å². The van der Waals surface area contributed by atoms with Crippen molar-refractivity contribution in [1.29, 1.82) is 0 Å². The molecule has 3 N–H and O–H groups in total. The summed E-state index contributed by atoms with van der Waals surface area (Å²) in [5.41, 5.74) is 0. The Morgan fingerprint density at radius 1 is 0.337 bits per heavy atom. The predicted molar refractivity (Wildman–Crippen MR) is 366 cm³/mol. The van der Waals surface area contributed by atoms with Crippen LogP contribution in [0.3, 0.4) is 0 Å². The molecule has 0 saturated heterocycles. The zero-order chi connectivity index (χ0) is 59.9. The number of allylic oxidation sites excluding steroid dienone is 4. The summed E-state index contributed by atoms with van der Waals surface area (Å²) in [4.78, 5) is 24.7. The van der Waals surface area contributed by atoms with Gasteiger partial charge in [-0.2, -0.15) is 0 Å². The van der Waals surface area contributed by atoms with Gasteiger partial charge in [0, 0.05) is 12.8 Å². The van der Waals surface area contributed by atoms with Crippen LogP contribution in [0.4, 0.5) is 0 Å². The number of nitrogens with one attached hydrogen (secondary N) is 1. The second-order valence-corrected chi connectivity index (χ2v) is 26.3. The molecule has 0 rings (SSSR count). The van der Waals surface area contributed by atoms with Gasteiger partial charge in [0.05, 0.1) is 25.4 Å². The lowest BCUT2D eigenvalue weighted by Gasteiger charge is -2.22. The molecule has 0 aliphatic rings. The topological polar surface area (TPSA) is 95.9 Å². The van der Waals surface area contributed by atoms with Crippen molar-refractivity contribution in [2.45, 2.75) is 443 Å². The molecule has 0 spiro atoms. The fourth-order valence-electron chi connectivity index (χ4n) is 12.2. The molecule has 0 aliphatic carbocycles. The van der Waals surface area contributed by atoms with E-state index < -0.39 is 12.1 Å². The highest BCUT2D eigenvalue weighted by Crippen LogP contribution is 2.20. The summed E-state index contributed by atoms with van der Waals surface area (Å²) in [5, 5.41) is 23.5. The molecule has 6 heteroatoms. The Balaban J connectivity index is 3.37. The number of hydrogen-bond donors (Lipinski definition) is 3. The van der Waals surface area contributed by atoms with Crippen LogP contribution < -0.4 is 5.32 Å². The van der Waals surface area contributed by atoms with E-state index >= 15 is 0 Å². The first-order chi connectivity index (χ1) is 41.0. The number of hydrogen-bond acceptors (Lipinski definition) is 5. The molecule has 0 radical (unpaired) electrons. The maximum atomic E-state index is 12.6. The van der Waals surface area contributed by atoms with E-state index in [1.54, 1.807) is 0 Å². The Hall–Kier alpha value is -1.66. The number of ether oxygens (including phenoxy) is 1. The molecule has 2 unspecified atom stereocenters. The third-order valence-electron chi connectivity index (χ3n) is 18.0. The van der Waals surface area contributed by atoms with Gasteiger partial charge in [-0.05, 0) is 57.8 Å². The number of amides is 1. The first kappa shape index (κ1) is 81.3. The molecule has 2 atom stereocenters. The number of esters is 1. The lowest BCUT2D eigenvalue weighted by atomic mass is 10.0. The van der Waals surface area contributed by atoms with E-state index in [4.69, 9.17) is 4.74 Å². The van der Waals surface area contributed by atoms with Crippen LogP contribution in [0, 0.1) is 0 Å². The van der Waals surface area contributed by atoms with Crippen molar-refractivity contribution in [3.63, 3.8) is 0 Å². The number of rotatable bonds is 72. The first-order valence-electron chi connectivity index (χ1n) is 38.1. The highest BCUT2D eigenvalue weighted by Gasteiger charge is 2.20. The lowest BCUT2D eigenvalue weighted by molar-refractivity contribution is -0.143. The molecule has 83 heavy (non-hydrogen) atoms. The highest BCUT2D eigenvalue weighted by molar-refractivity contribution is 5.76. The van der Waals surface area contributed by atoms with Gasteiger partial charge < -0.3 is 20.3 Å². The summed E-state index contributed by atoms with van der Waals surface area (Å²) in [6.07, 6.45) is 92.4.